The van der Waals surface area contributed by atoms with Crippen LogP contribution in [0.5, 0.6) is 0 Å². The first-order valence-electron chi connectivity index (χ1n) is 7.42. The highest BCUT2D eigenvalue weighted by molar-refractivity contribution is 5.94. The molecule has 0 saturated carbocycles. The second-order valence-electron chi connectivity index (χ2n) is 6.78. The number of nitrogens with one attached hydrogen (secondary N) is 1. The predicted molar refractivity (Wildman–Crippen MR) is 82.5 cm³/mol. The van der Waals surface area contributed by atoms with Crippen molar-refractivity contribution in [3.05, 3.63) is 11.8 Å². The van der Waals surface area contributed by atoms with Gasteiger partial charge in [0.05, 0.1) is 5.69 Å². The number of nitrogens with zero attached hydrogens (tertiary/aromatic N) is 3. The lowest BCUT2D eigenvalue weighted by Crippen LogP contribution is -2.57. The Kier molecular flexibility index (Phi) is 4.55. The molecule has 22 heavy (non-hydrogen) atoms. The maximum Gasteiger partial charge on any atom is 0.245 e. The van der Waals surface area contributed by atoms with E-state index in [0.29, 0.717) is 25.5 Å². The van der Waals surface area contributed by atoms with E-state index in [2.05, 4.69) is 10.5 Å². The van der Waals surface area contributed by atoms with E-state index in [1.807, 2.05) is 32.7 Å². The van der Waals surface area contributed by atoms with E-state index in [0.717, 1.165) is 5.69 Å². The third-order valence-corrected chi connectivity index (χ3v) is 3.92. The van der Waals surface area contributed by atoms with Gasteiger partial charge in [0.15, 0.2) is 0 Å². The summed E-state index contributed by atoms with van der Waals surface area (Å²) in [5.74, 6) is 0.133. The standard InChI is InChI=1S/C15H24N4O3/c1-10(20)19-7-6-18(5)11(9-19)14(21)16-13-8-12(17-22-13)15(2,3)4/h8,11H,6-7,9H2,1-5H3,(H,16,21). The Hall–Kier alpha value is -1.89. The van der Waals surface area contributed by atoms with Crippen molar-refractivity contribution in [2.24, 2.45) is 0 Å². The topological polar surface area (TPSA) is 78.7 Å². The van der Waals surface area contributed by atoms with Crippen LogP contribution in [0.4, 0.5) is 5.88 Å². The van der Waals surface area contributed by atoms with Crippen LogP contribution in [0.1, 0.15) is 33.4 Å². The zero-order valence-corrected chi connectivity index (χ0v) is 13.8. The first-order chi connectivity index (χ1) is 10.2. The van der Waals surface area contributed by atoms with Crippen LogP contribution >= 0.6 is 0 Å². The fraction of sp³-hybridized carbons (Fsp3) is 0.667. The van der Waals surface area contributed by atoms with Gasteiger partial charge in [0, 0.05) is 38.0 Å². The average molecular weight is 308 g/mol. The monoisotopic (exact) mass is 308 g/mol. The van der Waals surface area contributed by atoms with Crippen molar-refractivity contribution in [3.63, 3.8) is 0 Å². The maximum atomic E-state index is 12.4. The van der Waals surface area contributed by atoms with Crippen molar-refractivity contribution in [1.82, 2.24) is 15.0 Å². The molecule has 0 spiro atoms. The lowest BCUT2D eigenvalue weighted by Gasteiger charge is -2.37. The molecule has 1 aromatic rings. The van der Waals surface area contributed by atoms with Crippen molar-refractivity contribution in [1.29, 1.82) is 0 Å². The van der Waals surface area contributed by atoms with Gasteiger partial charge in [-0.3, -0.25) is 19.8 Å². The van der Waals surface area contributed by atoms with Gasteiger partial charge in [-0.05, 0) is 7.05 Å². The molecule has 1 saturated heterocycles. The van der Waals surface area contributed by atoms with Crippen LogP contribution in [0.2, 0.25) is 0 Å². The summed E-state index contributed by atoms with van der Waals surface area (Å²) in [6.45, 7) is 9.29. The Morgan fingerprint density at radius 1 is 1.36 bits per heavy atom. The number of amides is 2. The largest absolute Gasteiger partial charge is 0.340 e. The predicted octanol–water partition coefficient (Wildman–Crippen LogP) is 1.07. The van der Waals surface area contributed by atoms with Crippen molar-refractivity contribution in [2.75, 3.05) is 32.0 Å². The molecule has 0 bridgehead atoms. The minimum atomic E-state index is -0.388. The number of likely N-dealkylation sites (N-methyl/N-ethyl adjacent to an activating group) is 1. The summed E-state index contributed by atoms with van der Waals surface area (Å²) >= 11 is 0. The van der Waals surface area contributed by atoms with Gasteiger partial charge in [-0.1, -0.05) is 25.9 Å². The molecule has 2 amide bonds. The normalized spacial score (nSPS) is 20.0. The van der Waals surface area contributed by atoms with Crippen molar-refractivity contribution < 1.29 is 14.1 Å². The summed E-state index contributed by atoms with van der Waals surface area (Å²) in [6, 6.07) is 1.35. The molecule has 122 valence electrons. The van der Waals surface area contributed by atoms with E-state index in [1.165, 1.54) is 6.92 Å². The Morgan fingerprint density at radius 2 is 2.05 bits per heavy atom. The lowest BCUT2D eigenvalue weighted by atomic mass is 9.92. The minimum Gasteiger partial charge on any atom is -0.340 e. The number of hydrogen-bond acceptors (Lipinski definition) is 5. The van der Waals surface area contributed by atoms with Crippen LogP contribution in [0.25, 0.3) is 0 Å². The molecule has 1 fully saturated rings. The molecule has 1 aliphatic rings. The maximum absolute atomic E-state index is 12.4. The average Bonchev–Trinajstić information content (AvgIpc) is 2.87. The molecule has 0 aromatic carbocycles. The Labute approximate surface area is 130 Å². The van der Waals surface area contributed by atoms with Crippen LogP contribution in [-0.2, 0) is 15.0 Å². The lowest BCUT2D eigenvalue weighted by molar-refractivity contribution is -0.134. The van der Waals surface area contributed by atoms with E-state index in [1.54, 1.807) is 11.0 Å². The van der Waals surface area contributed by atoms with Gasteiger partial charge in [0.2, 0.25) is 17.7 Å². The molecule has 2 heterocycles. The molecule has 2 rings (SSSR count). The van der Waals surface area contributed by atoms with E-state index >= 15 is 0 Å². The second kappa shape index (κ2) is 6.08. The molecule has 1 atom stereocenters. The summed E-state index contributed by atoms with van der Waals surface area (Å²) in [7, 11) is 1.88. The molecular weight excluding hydrogens is 284 g/mol. The van der Waals surface area contributed by atoms with Crippen molar-refractivity contribution in [2.45, 2.75) is 39.2 Å². The zero-order chi connectivity index (χ0) is 16.5. The van der Waals surface area contributed by atoms with Crippen LogP contribution in [-0.4, -0.2) is 59.5 Å². The van der Waals surface area contributed by atoms with Gasteiger partial charge < -0.3 is 9.42 Å². The van der Waals surface area contributed by atoms with Gasteiger partial charge in [0.25, 0.3) is 0 Å². The number of aromatic nitrogens is 1. The van der Waals surface area contributed by atoms with Crippen LogP contribution < -0.4 is 5.32 Å². The fourth-order valence-electron chi connectivity index (χ4n) is 2.34. The third-order valence-electron chi connectivity index (χ3n) is 3.92. The number of carbonyl (C=O) groups excluding carboxylic acids is 2. The molecule has 0 radical (unpaired) electrons. The summed E-state index contributed by atoms with van der Waals surface area (Å²) in [5.41, 5.74) is 0.643. The molecule has 1 N–H and O–H groups in total. The minimum absolute atomic E-state index is 0.0133. The van der Waals surface area contributed by atoms with Crippen LogP contribution in [0.3, 0.4) is 0 Å². The third kappa shape index (κ3) is 3.65. The highest BCUT2D eigenvalue weighted by atomic mass is 16.5. The number of hydrogen-bond donors (Lipinski definition) is 1. The van der Waals surface area contributed by atoms with Gasteiger partial charge in [-0.2, -0.15) is 0 Å². The number of carbonyl (C=O) groups is 2. The highest BCUT2D eigenvalue weighted by Gasteiger charge is 2.32. The Bertz CT molecular complexity index is 561. The number of anilines is 1. The Balaban J connectivity index is 2.04. The van der Waals surface area contributed by atoms with E-state index in [9.17, 15) is 9.59 Å². The van der Waals surface area contributed by atoms with Gasteiger partial charge in [0.1, 0.15) is 6.04 Å². The van der Waals surface area contributed by atoms with Crippen LogP contribution in [0.15, 0.2) is 10.6 Å². The molecular formula is C15H24N4O3. The summed E-state index contributed by atoms with van der Waals surface area (Å²) in [4.78, 5) is 27.5. The summed E-state index contributed by atoms with van der Waals surface area (Å²) in [6.07, 6.45) is 0. The Morgan fingerprint density at radius 3 is 2.59 bits per heavy atom. The highest BCUT2D eigenvalue weighted by Crippen LogP contribution is 2.24. The first-order valence-corrected chi connectivity index (χ1v) is 7.42. The molecule has 1 unspecified atom stereocenters. The molecule has 1 aromatic heterocycles. The quantitative estimate of drug-likeness (QED) is 0.884. The van der Waals surface area contributed by atoms with Crippen LogP contribution in [0, 0.1) is 0 Å². The van der Waals surface area contributed by atoms with Gasteiger partial charge in [-0.25, -0.2) is 0 Å². The first kappa shape index (κ1) is 16.5. The smallest absolute Gasteiger partial charge is 0.245 e. The van der Waals surface area contributed by atoms with E-state index in [4.69, 9.17) is 4.52 Å². The summed E-state index contributed by atoms with van der Waals surface area (Å²) < 4.78 is 5.18. The fourth-order valence-corrected chi connectivity index (χ4v) is 2.34. The number of piperazine rings is 1. The molecule has 7 nitrogen and oxygen atoms in total. The van der Waals surface area contributed by atoms with Crippen molar-refractivity contribution >= 4 is 17.7 Å². The summed E-state index contributed by atoms with van der Waals surface area (Å²) in [5, 5.41) is 6.73. The van der Waals surface area contributed by atoms with Gasteiger partial charge in [-0.15, -0.1) is 0 Å². The zero-order valence-electron chi connectivity index (χ0n) is 13.8. The van der Waals surface area contributed by atoms with E-state index in [-0.39, 0.29) is 23.3 Å². The van der Waals surface area contributed by atoms with Crippen molar-refractivity contribution in [3.8, 4) is 0 Å². The molecule has 0 aliphatic carbocycles. The second-order valence-corrected chi connectivity index (χ2v) is 6.78. The molecule has 1 aliphatic heterocycles. The number of rotatable bonds is 2. The van der Waals surface area contributed by atoms with Gasteiger partial charge >= 0.3 is 0 Å². The molecule has 7 heteroatoms. The SMILES string of the molecule is CC(=O)N1CCN(C)C(C(=O)Nc2cc(C(C)(C)C)no2)C1. The van der Waals surface area contributed by atoms with E-state index < -0.39 is 0 Å².